The summed E-state index contributed by atoms with van der Waals surface area (Å²) in [4.78, 5) is 23.5. The first kappa shape index (κ1) is 16.1. The van der Waals surface area contributed by atoms with Gasteiger partial charge in [-0.3, -0.25) is 9.59 Å². The Hall–Kier alpha value is -1.25. The second-order valence-electron chi connectivity index (χ2n) is 3.96. The molecule has 21 heavy (non-hydrogen) atoms. The van der Waals surface area contributed by atoms with Crippen molar-refractivity contribution in [2.75, 3.05) is 5.32 Å². The Morgan fingerprint density at radius 1 is 1.38 bits per heavy atom. The number of carbonyl (C=O) groups excluding carboxylic acids is 2. The summed E-state index contributed by atoms with van der Waals surface area (Å²) in [5.74, 6) is -1.46. The van der Waals surface area contributed by atoms with Crippen LogP contribution in [0.4, 0.5) is 10.1 Å². The zero-order valence-corrected chi connectivity index (χ0v) is 14.4. The van der Waals surface area contributed by atoms with Crippen LogP contribution in [0, 0.1) is 5.82 Å². The number of aromatic nitrogens is 2. The number of amides is 1. The minimum atomic E-state index is -0.587. The largest absolute Gasteiger partial charge is 0.319 e. The van der Waals surface area contributed by atoms with E-state index in [0.29, 0.717) is 9.08 Å². The molecule has 110 valence electrons. The zero-order valence-electron chi connectivity index (χ0n) is 10.5. The van der Waals surface area contributed by atoms with Crippen LogP contribution in [0.15, 0.2) is 27.3 Å². The van der Waals surface area contributed by atoms with E-state index in [1.54, 1.807) is 0 Å². The van der Waals surface area contributed by atoms with Gasteiger partial charge in [0.2, 0.25) is 5.91 Å². The van der Waals surface area contributed by atoms with Crippen LogP contribution in [0.25, 0.3) is 0 Å². The molecule has 0 saturated heterocycles. The van der Waals surface area contributed by atoms with Crippen molar-refractivity contribution >= 4 is 61.0 Å². The number of hydrogen-bond acceptors (Lipinski definition) is 3. The van der Waals surface area contributed by atoms with Gasteiger partial charge in [0.05, 0.1) is 15.2 Å². The summed E-state index contributed by atoms with van der Waals surface area (Å²) in [6.45, 7) is 1.31. The summed E-state index contributed by atoms with van der Waals surface area (Å²) in [6, 6.07) is 3.58. The topological polar surface area (TPSA) is 64.0 Å². The highest BCUT2D eigenvalue weighted by Gasteiger charge is 2.22. The maximum absolute atomic E-state index is 13.0. The fourth-order valence-corrected chi connectivity index (χ4v) is 2.66. The van der Waals surface area contributed by atoms with Gasteiger partial charge in [0, 0.05) is 6.92 Å². The minimum absolute atomic E-state index is 0.00235. The molecule has 0 radical (unpaired) electrons. The lowest BCUT2D eigenvalue weighted by molar-refractivity contribution is 0.0917. The normalized spacial score (nSPS) is 10.5. The van der Waals surface area contributed by atoms with Crippen molar-refractivity contribution in [1.82, 2.24) is 9.78 Å². The number of halogens is 4. The van der Waals surface area contributed by atoms with Crippen LogP contribution in [0.1, 0.15) is 22.2 Å². The minimum Gasteiger partial charge on any atom is -0.319 e. The summed E-state index contributed by atoms with van der Waals surface area (Å²) in [5, 5.41) is 6.45. The lowest BCUT2D eigenvalue weighted by Gasteiger charge is -2.05. The van der Waals surface area contributed by atoms with E-state index in [0.717, 1.165) is 10.7 Å². The van der Waals surface area contributed by atoms with Crippen LogP contribution >= 0.6 is 43.5 Å². The fraction of sp³-hybridized carbons (Fsp3) is 0.0833. The molecular weight excluding hydrogens is 432 g/mol. The zero-order chi connectivity index (χ0) is 15.7. The molecule has 0 unspecified atom stereocenters. The lowest BCUT2D eigenvalue weighted by Crippen LogP contribution is -2.15. The van der Waals surface area contributed by atoms with Gasteiger partial charge in [-0.1, -0.05) is 11.6 Å². The monoisotopic (exact) mass is 437 g/mol. The lowest BCUT2D eigenvalue weighted by atomic mass is 10.3. The van der Waals surface area contributed by atoms with Gasteiger partial charge in [-0.25, -0.2) is 4.39 Å². The van der Waals surface area contributed by atoms with Crippen LogP contribution in [0.2, 0.25) is 5.02 Å². The Kier molecular flexibility index (Phi) is 4.80. The molecule has 0 fully saturated rings. The first-order valence-electron chi connectivity index (χ1n) is 5.52. The van der Waals surface area contributed by atoms with Crippen LogP contribution in [-0.4, -0.2) is 21.6 Å². The highest BCUT2D eigenvalue weighted by Crippen LogP contribution is 2.28. The molecule has 9 heteroatoms. The summed E-state index contributed by atoms with van der Waals surface area (Å²) in [5.41, 5.74) is 0.237. The van der Waals surface area contributed by atoms with Gasteiger partial charge in [0.15, 0.2) is 5.69 Å². The van der Waals surface area contributed by atoms with Gasteiger partial charge in [-0.15, -0.1) is 0 Å². The number of benzene rings is 1. The van der Waals surface area contributed by atoms with E-state index < -0.39 is 11.7 Å². The summed E-state index contributed by atoms with van der Waals surface area (Å²) >= 11 is 12.2. The van der Waals surface area contributed by atoms with Gasteiger partial charge in [0.25, 0.3) is 5.91 Å². The van der Waals surface area contributed by atoms with E-state index in [9.17, 15) is 14.0 Å². The van der Waals surface area contributed by atoms with E-state index >= 15 is 0 Å². The first-order chi connectivity index (χ1) is 9.81. The molecule has 0 bridgehead atoms. The summed E-state index contributed by atoms with van der Waals surface area (Å²) < 4.78 is 14.6. The van der Waals surface area contributed by atoms with Crippen LogP contribution in [-0.2, 0) is 0 Å². The van der Waals surface area contributed by atoms with Crippen molar-refractivity contribution in [3.63, 3.8) is 0 Å². The molecule has 1 N–H and O–H groups in total. The van der Waals surface area contributed by atoms with Gasteiger partial charge < -0.3 is 5.32 Å². The van der Waals surface area contributed by atoms with Crippen LogP contribution in [0.5, 0.6) is 0 Å². The maximum atomic E-state index is 13.0. The number of hydrogen-bond donors (Lipinski definition) is 1. The van der Waals surface area contributed by atoms with Crippen molar-refractivity contribution in [2.24, 2.45) is 0 Å². The Bertz CT molecular complexity index is 748. The average molecular weight is 439 g/mol. The predicted octanol–water partition coefficient (Wildman–Crippen LogP) is 4.11. The van der Waals surface area contributed by atoms with Crippen LogP contribution < -0.4 is 5.32 Å². The van der Waals surface area contributed by atoms with Crippen molar-refractivity contribution in [3.05, 3.63) is 43.8 Å². The molecule has 0 spiro atoms. The molecule has 1 heterocycles. The average Bonchev–Trinajstić information content (AvgIpc) is 2.70. The third-order valence-electron chi connectivity index (χ3n) is 2.47. The standard InChI is InChI=1S/C12H7Br2ClFN3O2/c1-5(20)19-11(14)9(13)10(18-19)12(21)17-8-3-2-6(16)4-7(8)15/h2-4H,1H3,(H,17,21). The van der Waals surface area contributed by atoms with Crippen molar-refractivity contribution in [3.8, 4) is 0 Å². The second-order valence-corrected chi connectivity index (χ2v) is 5.91. The smallest absolute Gasteiger partial charge is 0.277 e. The molecule has 1 aromatic carbocycles. The number of nitrogens with zero attached hydrogens (tertiary/aromatic N) is 2. The third-order valence-corrected chi connectivity index (χ3v) is 4.80. The molecule has 0 saturated carbocycles. The molecule has 0 aliphatic rings. The quantitative estimate of drug-likeness (QED) is 0.766. The highest BCUT2D eigenvalue weighted by atomic mass is 79.9. The first-order valence-corrected chi connectivity index (χ1v) is 7.49. The van der Waals surface area contributed by atoms with E-state index in [-0.39, 0.29) is 22.3 Å². The maximum Gasteiger partial charge on any atom is 0.277 e. The molecule has 1 amide bonds. The summed E-state index contributed by atoms with van der Waals surface area (Å²) in [7, 11) is 0. The van der Waals surface area contributed by atoms with E-state index in [4.69, 9.17) is 11.6 Å². The molecular formula is C12H7Br2ClFN3O2. The van der Waals surface area contributed by atoms with Crippen molar-refractivity contribution in [2.45, 2.75) is 6.92 Å². The summed E-state index contributed by atoms with van der Waals surface area (Å²) in [6.07, 6.45) is 0. The molecule has 2 rings (SSSR count). The molecule has 5 nitrogen and oxygen atoms in total. The molecule has 0 atom stereocenters. The fourth-order valence-electron chi connectivity index (χ4n) is 1.50. The van der Waals surface area contributed by atoms with E-state index in [1.807, 2.05) is 0 Å². The van der Waals surface area contributed by atoms with Crippen LogP contribution in [0.3, 0.4) is 0 Å². The van der Waals surface area contributed by atoms with E-state index in [2.05, 4.69) is 42.3 Å². The Balaban J connectivity index is 2.33. The van der Waals surface area contributed by atoms with E-state index in [1.165, 1.54) is 19.1 Å². The van der Waals surface area contributed by atoms with Gasteiger partial charge >= 0.3 is 0 Å². The third kappa shape index (κ3) is 3.33. The van der Waals surface area contributed by atoms with Gasteiger partial charge in [-0.2, -0.15) is 9.78 Å². The highest BCUT2D eigenvalue weighted by molar-refractivity contribution is 9.13. The Morgan fingerprint density at radius 3 is 2.57 bits per heavy atom. The Morgan fingerprint density at radius 2 is 2.05 bits per heavy atom. The number of nitrogens with one attached hydrogen (secondary N) is 1. The van der Waals surface area contributed by atoms with Gasteiger partial charge in [0.1, 0.15) is 10.4 Å². The molecule has 0 aliphatic carbocycles. The molecule has 2 aromatic rings. The molecule has 1 aromatic heterocycles. The Labute approximate surface area is 140 Å². The number of carbonyl (C=O) groups is 2. The van der Waals surface area contributed by atoms with Gasteiger partial charge in [-0.05, 0) is 50.1 Å². The van der Waals surface area contributed by atoms with Crippen molar-refractivity contribution < 1.29 is 14.0 Å². The van der Waals surface area contributed by atoms with Crippen molar-refractivity contribution in [1.29, 1.82) is 0 Å². The molecule has 0 aliphatic heterocycles. The second kappa shape index (κ2) is 6.25. The number of rotatable bonds is 2. The SMILES string of the molecule is CC(=O)n1nc(C(=O)Nc2ccc(F)cc2Cl)c(Br)c1Br. The predicted molar refractivity (Wildman–Crippen MR) is 83.3 cm³/mol. The number of anilines is 1.